The Kier molecular flexibility index (Phi) is 10.9. The first kappa shape index (κ1) is 23.4. The molecule has 0 aliphatic rings. The van der Waals surface area contributed by atoms with E-state index in [-0.39, 0.29) is 16.8 Å². The highest BCUT2D eigenvalue weighted by Gasteiger charge is 2.25. The molecule has 0 bridgehead atoms. The lowest BCUT2D eigenvalue weighted by Crippen LogP contribution is -2.38. The van der Waals surface area contributed by atoms with E-state index >= 15 is 0 Å². The lowest BCUT2D eigenvalue weighted by molar-refractivity contribution is -0.141. The van der Waals surface area contributed by atoms with E-state index in [9.17, 15) is 9.59 Å². The molecule has 0 N–H and O–H groups in total. The molecule has 0 aromatic carbocycles. The molecule has 24 heavy (non-hydrogen) atoms. The summed E-state index contributed by atoms with van der Waals surface area (Å²) >= 11 is 0. The Morgan fingerprint density at radius 1 is 1.08 bits per heavy atom. The van der Waals surface area contributed by atoms with Crippen LogP contribution < -0.4 is 0 Å². The van der Waals surface area contributed by atoms with Gasteiger partial charge in [-0.2, -0.15) is 0 Å². The summed E-state index contributed by atoms with van der Waals surface area (Å²) in [6.07, 6.45) is 2.11. The van der Waals surface area contributed by atoms with Crippen LogP contribution >= 0.6 is 21.6 Å². The summed E-state index contributed by atoms with van der Waals surface area (Å²) in [5.41, 5.74) is -0.480. The molecular formula is C17H33NO4S2. The van der Waals surface area contributed by atoms with E-state index in [4.69, 9.17) is 9.47 Å². The molecule has 0 unspecified atom stereocenters. The maximum atomic E-state index is 12.3. The monoisotopic (exact) mass is 379 g/mol. The Hall–Kier alpha value is -0.560. The van der Waals surface area contributed by atoms with E-state index in [1.807, 2.05) is 34.6 Å². The SMILES string of the molecule is CCCCN(CCSSC(C)(C)CC(=O)OC)C(=O)OC(C)(C)C. The molecule has 0 aromatic rings. The summed E-state index contributed by atoms with van der Waals surface area (Å²) < 4.78 is 10.00. The van der Waals surface area contributed by atoms with Gasteiger partial charge in [0, 0.05) is 23.6 Å². The first-order valence-corrected chi connectivity index (χ1v) is 10.7. The number of carbonyl (C=O) groups is 2. The zero-order valence-electron chi connectivity index (χ0n) is 16.1. The maximum absolute atomic E-state index is 12.3. The third-order valence-electron chi connectivity index (χ3n) is 2.96. The summed E-state index contributed by atoms with van der Waals surface area (Å²) in [5.74, 6) is 0.588. The zero-order valence-corrected chi connectivity index (χ0v) is 17.8. The molecule has 0 spiro atoms. The maximum Gasteiger partial charge on any atom is 0.410 e. The van der Waals surface area contributed by atoms with Gasteiger partial charge in [-0.15, -0.1) is 0 Å². The Labute approximate surface area is 155 Å². The molecule has 0 radical (unpaired) electrons. The quantitative estimate of drug-likeness (QED) is 0.310. The smallest absolute Gasteiger partial charge is 0.410 e. The van der Waals surface area contributed by atoms with Gasteiger partial charge in [-0.25, -0.2) is 4.79 Å². The number of hydrogen-bond donors (Lipinski definition) is 0. The Morgan fingerprint density at radius 2 is 1.71 bits per heavy atom. The minimum atomic E-state index is -0.480. The van der Waals surface area contributed by atoms with Crippen molar-refractivity contribution in [2.45, 2.75) is 71.2 Å². The highest BCUT2D eigenvalue weighted by Crippen LogP contribution is 2.38. The van der Waals surface area contributed by atoms with Gasteiger partial charge in [0.1, 0.15) is 5.60 Å². The van der Waals surface area contributed by atoms with E-state index in [1.54, 1.807) is 26.5 Å². The molecular weight excluding hydrogens is 346 g/mol. The van der Waals surface area contributed by atoms with Crippen molar-refractivity contribution in [3.63, 3.8) is 0 Å². The van der Waals surface area contributed by atoms with Crippen LogP contribution in [0.3, 0.4) is 0 Å². The molecule has 0 aliphatic heterocycles. The number of esters is 1. The summed E-state index contributed by atoms with van der Waals surface area (Å²) in [6.45, 7) is 13.1. The van der Waals surface area contributed by atoms with Crippen LogP contribution in [0.15, 0.2) is 0 Å². The first-order chi connectivity index (χ1) is 11.0. The normalized spacial score (nSPS) is 12.0. The van der Waals surface area contributed by atoms with Crippen LogP contribution in [-0.4, -0.2) is 53.3 Å². The van der Waals surface area contributed by atoms with Crippen molar-refractivity contribution in [2.75, 3.05) is 26.0 Å². The van der Waals surface area contributed by atoms with E-state index < -0.39 is 5.60 Å². The highest BCUT2D eigenvalue weighted by atomic mass is 33.1. The van der Waals surface area contributed by atoms with Crippen molar-refractivity contribution in [3.05, 3.63) is 0 Å². The second kappa shape index (κ2) is 11.1. The molecule has 0 saturated carbocycles. The van der Waals surface area contributed by atoms with Gasteiger partial charge in [-0.3, -0.25) is 4.79 Å². The lowest BCUT2D eigenvalue weighted by atomic mass is 10.1. The molecule has 0 fully saturated rings. The molecule has 5 nitrogen and oxygen atoms in total. The molecule has 0 atom stereocenters. The van der Waals surface area contributed by atoms with Crippen LogP contribution in [0.25, 0.3) is 0 Å². The fourth-order valence-corrected chi connectivity index (χ4v) is 4.25. The average molecular weight is 380 g/mol. The molecule has 7 heteroatoms. The van der Waals surface area contributed by atoms with Crippen molar-refractivity contribution in [3.8, 4) is 0 Å². The highest BCUT2D eigenvalue weighted by molar-refractivity contribution is 8.77. The predicted octanol–water partition coefficient (Wildman–Crippen LogP) is 4.75. The van der Waals surface area contributed by atoms with Crippen molar-refractivity contribution in [2.24, 2.45) is 0 Å². The van der Waals surface area contributed by atoms with E-state index in [0.717, 1.165) is 18.6 Å². The number of methoxy groups -OCH3 is 1. The molecule has 0 rings (SSSR count). The molecule has 0 heterocycles. The van der Waals surface area contributed by atoms with Gasteiger partial charge in [0.05, 0.1) is 13.5 Å². The standard InChI is InChI=1S/C17H33NO4S2/c1-8-9-10-18(15(20)22-16(2,3)4)11-12-23-24-17(5,6)13-14(19)21-7/h8-13H2,1-7H3. The number of rotatable bonds is 10. The number of unbranched alkanes of at least 4 members (excludes halogenated alkanes) is 1. The molecule has 0 saturated heterocycles. The second-order valence-corrected chi connectivity index (χ2v) is 10.4. The number of carbonyl (C=O) groups excluding carboxylic acids is 2. The predicted molar refractivity (Wildman–Crippen MR) is 103 cm³/mol. The van der Waals surface area contributed by atoms with Gasteiger partial charge in [0.25, 0.3) is 0 Å². The van der Waals surface area contributed by atoms with E-state index in [0.29, 0.717) is 19.5 Å². The van der Waals surface area contributed by atoms with Gasteiger partial charge in [0.2, 0.25) is 0 Å². The van der Waals surface area contributed by atoms with Crippen LogP contribution in [0.1, 0.15) is 60.8 Å². The van der Waals surface area contributed by atoms with Crippen LogP contribution in [0.2, 0.25) is 0 Å². The molecule has 142 valence electrons. The Bertz CT molecular complexity index is 395. The Morgan fingerprint density at radius 3 is 2.21 bits per heavy atom. The van der Waals surface area contributed by atoms with E-state index in [1.165, 1.54) is 7.11 Å². The molecule has 0 aliphatic carbocycles. The van der Waals surface area contributed by atoms with Crippen LogP contribution in [-0.2, 0) is 14.3 Å². The van der Waals surface area contributed by atoms with E-state index in [2.05, 4.69) is 6.92 Å². The van der Waals surface area contributed by atoms with Crippen LogP contribution in [0.4, 0.5) is 4.79 Å². The Balaban J connectivity index is 4.36. The first-order valence-electron chi connectivity index (χ1n) is 8.36. The number of amides is 1. The summed E-state index contributed by atoms with van der Waals surface area (Å²) in [5, 5.41) is 0. The third-order valence-corrected chi connectivity index (χ3v) is 6.23. The number of nitrogens with zero attached hydrogens (tertiary/aromatic N) is 1. The van der Waals surface area contributed by atoms with Crippen molar-refractivity contribution in [1.29, 1.82) is 0 Å². The summed E-state index contributed by atoms with van der Waals surface area (Å²) in [7, 11) is 4.72. The van der Waals surface area contributed by atoms with Crippen molar-refractivity contribution in [1.82, 2.24) is 4.90 Å². The van der Waals surface area contributed by atoms with Crippen LogP contribution in [0, 0.1) is 0 Å². The van der Waals surface area contributed by atoms with Crippen molar-refractivity contribution < 1.29 is 19.1 Å². The minimum absolute atomic E-state index is 0.197. The third kappa shape index (κ3) is 11.9. The second-order valence-electron chi connectivity index (χ2n) is 7.24. The number of ether oxygens (including phenoxy) is 2. The molecule has 0 aromatic heterocycles. The fourth-order valence-electron chi connectivity index (χ4n) is 1.77. The average Bonchev–Trinajstić information content (AvgIpc) is 2.43. The minimum Gasteiger partial charge on any atom is -0.469 e. The summed E-state index contributed by atoms with van der Waals surface area (Å²) in [6, 6.07) is 0. The van der Waals surface area contributed by atoms with Gasteiger partial charge < -0.3 is 14.4 Å². The van der Waals surface area contributed by atoms with Gasteiger partial charge in [-0.05, 0) is 41.0 Å². The van der Waals surface area contributed by atoms with Gasteiger partial charge in [0.15, 0.2) is 0 Å². The van der Waals surface area contributed by atoms with Crippen molar-refractivity contribution >= 4 is 33.7 Å². The van der Waals surface area contributed by atoms with Gasteiger partial charge in [-0.1, -0.05) is 34.9 Å². The van der Waals surface area contributed by atoms with Crippen LogP contribution in [0.5, 0.6) is 0 Å². The largest absolute Gasteiger partial charge is 0.469 e. The zero-order chi connectivity index (χ0) is 18.8. The lowest BCUT2D eigenvalue weighted by Gasteiger charge is -2.28. The topological polar surface area (TPSA) is 55.8 Å². The fraction of sp³-hybridized carbons (Fsp3) is 0.882. The summed E-state index contributed by atoms with van der Waals surface area (Å²) in [4.78, 5) is 25.4. The number of hydrogen-bond acceptors (Lipinski definition) is 6. The molecule has 1 amide bonds. The van der Waals surface area contributed by atoms with Gasteiger partial charge >= 0.3 is 12.1 Å².